The monoisotopic (exact) mass is 289 g/mol. The van der Waals surface area contributed by atoms with Gasteiger partial charge in [0.15, 0.2) is 0 Å². The number of carbonyl (C=O) groups is 1. The second kappa shape index (κ2) is 7.80. The third kappa shape index (κ3) is 4.57. The smallest absolute Gasteiger partial charge is 0.254 e. The highest BCUT2D eigenvalue weighted by Gasteiger charge is 2.18. The zero-order chi connectivity index (χ0) is 15.1. The summed E-state index contributed by atoms with van der Waals surface area (Å²) >= 11 is 0. The largest absolute Gasteiger partial charge is 0.395 e. The van der Waals surface area contributed by atoms with Gasteiger partial charge in [-0.05, 0) is 31.0 Å². The fourth-order valence-electron chi connectivity index (χ4n) is 2.51. The Bertz CT molecular complexity index is 554. The van der Waals surface area contributed by atoms with Gasteiger partial charge in [0.2, 0.25) is 0 Å². The molecule has 112 valence electrons. The Morgan fingerprint density at radius 1 is 1.33 bits per heavy atom. The highest BCUT2D eigenvalue weighted by Crippen LogP contribution is 2.18. The Hall–Kier alpha value is -1.86. The quantitative estimate of drug-likeness (QED) is 0.840. The van der Waals surface area contributed by atoms with Gasteiger partial charge in [-0.15, -0.1) is 0 Å². The van der Waals surface area contributed by atoms with E-state index in [2.05, 4.69) is 17.2 Å². The van der Waals surface area contributed by atoms with Crippen LogP contribution in [0.3, 0.4) is 0 Å². The summed E-state index contributed by atoms with van der Waals surface area (Å²) in [7, 11) is 0. The molecule has 1 aromatic rings. The molecule has 1 aliphatic carbocycles. The lowest BCUT2D eigenvalue weighted by Gasteiger charge is -2.22. The molecule has 21 heavy (non-hydrogen) atoms. The standard InChI is InChI=1S/C17H20FNO2/c18-16-12-13(6-4-5-11-20)9-10-15(16)17(21)19-14-7-2-1-3-8-14/h9-10,12,14,20H,1-3,5,7-8,11H2,(H,19,21). The minimum Gasteiger partial charge on any atom is -0.395 e. The molecule has 3 nitrogen and oxygen atoms in total. The third-order valence-electron chi connectivity index (χ3n) is 3.62. The maximum Gasteiger partial charge on any atom is 0.254 e. The van der Waals surface area contributed by atoms with E-state index >= 15 is 0 Å². The van der Waals surface area contributed by atoms with Crippen LogP contribution in [0, 0.1) is 17.7 Å². The van der Waals surface area contributed by atoms with E-state index < -0.39 is 5.82 Å². The molecular weight excluding hydrogens is 269 g/mol. The van der Waals surface area contributed by atoms with Crippen molar-refractivity contribution in [2.24, 2.45) is 0 Å². The molecule has 2 N–H and O–H groups in total. The summed E-state index contributed by atoms with van der Waals surface area (Å²) in [5, 5.41) is 11.5. The minimum atomic E-state index is -0.556. The van der Waals surface area contributed by atoms with Gasteiger partial charge in [-0.25, -0.2) is 4.39 Å². The predicted molar refractivity (Wildman–Crippen MR) is 79.3 cm³/mol. The SMILES string of the molecule is O=C(NC1CCCCC1)c1ccc(C#CCCO)cc1F. The Balaban J connectivity index is 2.02. The molecule has 0 radical (unpaired) electrons. The molecule has 1 aliphatic rings. The van der Waals surface area contributed by atoms with Gasteiger partial charge in [-0.3, -0.25) is 4.79 Å². The van der Waals surface area contributed by atoms with E-state index in [1.165, 1.54) is 18.6 Å². The predicted octanol–water partition coefficient (Wildman–Crippen LogP) is 2.62. The highest BCUT2D eigenvalue weighted by atomic mass is 19.1. The minimum absolute atomic E-state index is 0.0165. The number of hydrogen-bond acceptors (Lipinski definition) is 2. The first-order chi connectivity index (χ1) is 10.2. The van der Waals surface area contributed by atoms with Crippen LogP contribution in [0.1, 0.15) is 54.4 Å². The molecule has 0 saturated heterocycles. The van der Waals surface area contributed by atoms with Crippen molar-refractivity contribution < 1.29 is 14.3 Å². The van der Waals surface area contributed by atoms with Gasteiger partial charge in [-0.1, -0.05) is 31.1 Å². The molecule has 1 amide bonds. The molecule has 0 bridgehead atoms. The maximum atomic E-state index is 14.0. The van der Waals surface area contributed by atoms with Crippen molar-refractivity contribution >= 4 is 5.91 Å². The van der Waals surface area contributed by atoms with Gasteiger partial charge in [0.05, 0.1) is 12.2 Å². The number of nitrogens with one attached hydrogen (secondary N) is 1. The number of benzene rings is 1. The van der Waals surface area contributed by atoms with Crippen LogP contribution in [0.25, 0.3) is 0 Å². The third-order valence-corrected chi connectivity index (χ3v) is 3.62. The van der Waals surface area contributed by atoms with E-state index in [1.807, 2.05) is 0 Å². The molecule has 1 fully saturated rings. The molecule has 0 aromatic heterocycles. The van der Waals surface area contributed by atoms with Crippen molar-refractivity contribution in [2.45, 2.75) is 44.6 Å². The first-order valence-corrected chi connectivity index (χ1v) is 7.41. The molecule has 0 aliphatic heterocycles. The van der Waals surface area contributed by atoms with Crippen molar-refractivity contribution in [3.8, 4) is 11.8 Å². The summed E-state index contributed by atoms with van der Waals surface area (Å²) in [6.45, 7) is -0.0165. The van der Waals surface area contributed by atoms with Crippen LogP contribution < -0.4 is 5.32 Å². The van der Waals surface area contributed by atoms with Gasteiger partial charge < -0.3 is 10.4 Å². The van der Waals surface area contributed by atoms with Crippen LogP contribution in [0.15, 0.2) is 18.2 Å². The number of amides is 1. The lowest BCUT2D eigenvalue weighted by atomic mass is 9.95. The van der Waals surface area contributed by atoms with Gasteiger partial charge in [-0.2, -0.15) is 0 Å². The maximum absolute atomic E-state index is 14.0. The zero-order valence-corrected chi connectivity index (χ0v) is 12.0. The lowest BCUT2D eigenvalue weighted by molar-refractivity contribution is 0.0923. The van der Waals surface area contributed by atoms with Crippen LogP contribution in [0.2, 0.25) is 0 Å². The van der Waals surface area contributed by atoms with Crippen LogP contribution in [0.4, 0.5) is 4.39 Å². The summed E-state index contributed by atoms with van der Waals surface area (Å²) in [6, 6.07) is 4.52. The van der Waals surface area contributed by atoms with Gasteiger partial charge in [0.25, 0.3) is 5.91 Å². The molecule has 4 heteroatoms. The van der Waals surface area contributed by atoms with Gasteiger partial charge in [0.1, 0.15) is 5.82 Å². The molecule has 0 heterocycles. The fourth-order valence-corrected chi connectivity index (χ4v) is 2.51. The highest BCUT2D eigenvalue weighted by molar-refractivity contribution is 5.94. The van der Waals surface area contributed by atoms with E-state index in [9.17, 15) is 9.18 Å². The topological polar surface area (TPSA) is 49.3 Å². The number of halogens is 1. The van der Waals surface area contributed by atoms with E-state index in [0.717, 1.165) is 25.7 Å². The number of rotatable bonds is 3. The van der Waals surface area contributed by atoms with Gasteiger partial charge >= 0.3 is 0 Å². The van der Waals surface area contributed by atoms with Crippen LogP contribution >= 0.6 is 0 Å². The summed E-state index contributed by atoms with van der Waals surface area (Å²) < 4.78 is 14.0. The first-order valence-electron chi connectivity index (χ1n) is 7.41. The summed E-state index contributed by atoms with van der Waals surface area (Å²) in [5.41, 5.74) is 0.573. The molecular formula is C17H20FNO2. The van der Waals surface area contributed by atoms with E-state index in [-0.39, 0.29) is 24.1 Å². The molecule has 0 spiro atoms. The van der Waals surface area contributed by atoms with E-state index in [1.54, 1.807) is 6.07 Å². The molecule has 1 aromatic carbocycles. The Morgan fingerprint density at radius 2 is 2.10 bits per heavy atom. The van der Waals surface area contributed by atoms with Crippen molar-refractivity contribution in [1.82, 2.24) is 5.32 Å². The molecule has 0 unspecified atom stereocenters. The van der Waals surface area contributed by atoms with Crippen molar-refractivity contribution in [3.63, 3.8) is 0 Å². The van der Waals surface area contributed by atoms with Crippen LogP contribution in [-0.2, 0) is 0 Å². The number of hydrogen-bond donors (Lipinski definition) is 2. The van der Waals surface area contributed by atoms with E-state index in [0.29, 0.717) is 12.0 Å². The second-order valence-electron chi connectivity index (χ2n) is 5.28. The van der Waals surface area contributed by atoms with Crippen LogP contribution in [0.5, 0.6) is 0 Å². The number of aliphatic hydroxyl groups excluding tert-OH is 1. The number of carbonyl (C=O) groups excluding carboxylic acids is 1. The summed E-state index contributed by atoms with van der Waals surface area (Å²) in [4.78, 5) is 12.1. The van der Waals surface area contributed by atoms with E-state index in [4.69, 9.17) is 5.11 Å². The average molecular weight is 289 g/mol. The Kier molecular flexibility index (Phi) is 5.77. The molecule has 2 rings (SSSR count). The summed E-state index contributed by atoms with van der Waals surface area (Å²) in [5.74, 6) is 4.57. The Morgan fingerprint density at radius 3 is 2.76 bits per heavy atom. The second-order valence-corrected chi connectivity index (χ2v) is 5.28. The Labute approximate surface area is 124 Å². The summed E-state index contributed by atoms with van der Waals surface area (Å²) in [6.07, 6.45) is 5.74. The molecule has 0 atom stereocenters. The van der Waals surface area contributed by atoms with Gasteiger partial charge in [0, 0.05) is 18.0 Å². The lowest BCUT2D eigenvalue weighted by Crippen LogP contribution is -2.36. The normalized spacial score (nSPS) is 15.1. The van der Waals surface area contributed by atoms with Crippen LogP contribution in [-0.4, -0.2) is 23.7 Å². The first kappa shape index (κ1) is 15.5. The number of aliphatic hydroxyl groups is 1. The fraction of sp³-hybridized carbons (Fsp3) is 0.471. The average Bonchev–Trinajstić information content (AvgIpc) is 2.48. The zero-order valence-electron chi connectivity index (χ0n) is 12.0. The molecule has 1 saturated carbocycles. The van der Waals surface area contributed by atoms with Crippen molar-refractivity contribution in [3.05, 3.63) is 35.1 Å². The van der Waals surface area contributed by atoms with Crippen molar-refractivity contribution in [2.75, 3.05) is 6.61 Å². The van der Waals surface area contributed by atoms with Crippen molar-refractivity contribution in [1.29, 1.82) is 0 Å².